The number of nitro benzene ring substituents is 1. The monoisotopic (exact) mass is 213 g/mol. The van der Waals surface area contributed by atoms with Gasteiger partial charge in [-0.05, 0) is 12.0 Å². The lowest BCUT2D eigenvalue weighted by atomic mass is 10.1. The molecule has 1 aromatic carbocycles. The molecule has 6 heteroatoms. The van der Waals surface area contributed by atoms with Crippen LogP contribution in [-0.4, -0.2) is 16.0 Å². The van der Waals surface area contributed by atoms with Crippen LogP contribution in [0.2, 0.25) is 0 Å². The highest BCUT2D eigenvalue weighted by Crippen LogP contribution is 2.20. The van der Waals surface area contributed by atoms with Crippen LogP contribution in [0.15, 0.2) is 18.2 Å². The normalized spacial score (nSPS) is 9.93. The summed E-state index contributed by atoms with van der Waals surface area (Å²) in [5.41, 5.74) is -0.579. The Morgan fingerprint density at radius 1 is 1.53 bits per heavy atom. The number of aliphatic carboxylic acids is 1. The summed E-state index contributed by atoms with van der Waals surface area (Å²) in [5, 5.41) is 18.7. The van der Waals surface area contributed by atoms with Gasteiger partial charge >= 0.3 is 11.7 Å². The number of nitrogens with zero attached hydrogens (tertiary/aromatic N) is 1. The van der Waals surface area contributed by atoms with Crippen molar-refractivity contribution in [3.63, 3.8) is 0 Å². The minimum absolute atomic E-state index is 0.0478. The van der Waals surface area contributed by atoms with Crippen molar-refractivity contribution in [1.82, 2.24) is 0 Å². The number of hydrogen-bond acceptors (Lipinski definition) is 3. The van der Waals surface area contributed by atoms with Crippen LogP contribution >= 0.6 is 0 Å². The van der Waals surface area contributed by atoms with Crippen LogP contribution in [0.1, 0.15) is 12.0 Å². The Morgan fingerprint density at radius 3 is 2.73 bits per heavy atom. The SMILES string of the molecule is O=C(O)CCc1cccc([N+](=O)[O-])c1F. The first kappa shape index (κ1) is 11.1. The first-order valence-electron chi connectivity index (χ1n) is 4.16. The van der Waals surface area contributed by atoms with Crippen LogP contribution in [-0.2, 0) is 11.2 Å². The summed E-state index contributed by atoms with van der Waals surface area (Å²) in [5.74, 6) is -2.02. The summed E-state index contributed by atoms with van der Waals surface area (Å²) in [7, 11) is 0. The molecule has 0 saturated heterocycles. The molecule has 0 aromatic heterocycles. The standard InChI is InChI=1S/C9H8FNO4/c10-9-6(4-5-8(12)13)2-1-3-7(9)11(14)15/h1-3H,4-5H2,(H,12,13). The van der Waals surface area contributed by atoms with E-state index in [4.69, 9.17) is 5.11 Å². The van der Waals surface area contributed by atoms with Crippen LogP contribution in [0.4, 0.5) is 10.1 Å². The molecule has 0 unspecified atom stereocenters. The predicted octanol–water partition coefficient (Wildman–Crippen LogP) is 1.75. The number of halogens is 1. The maximum absolute atomic E-state index is 13.3. The van der Waals surface area contributed by atoms with E-state index in [2.05, 4.69) is 0 Å². The van der Waals surface area contributed by atoms with Crippen molar-refractivity contribution in [1.29, 1.82) is 0 Å². The molecular weight excluding hydrogens is 205 g/mol. The molecule has 15 heavy (non-hydrogen) atoms. The summed E-state index contributed by atoms with van der Waals surface area (Å²) in [6.07, 6.45) is -0.305. The van der Waals surface area contributed by atoms with E-state index in [-0.39, 0.29) is 18.4 Å². The summed E-state index contributed by atoms with van der Waals surface area (Å²) in [6.45, 7) is 0. The molecule has 0 bridgehead atoms. The molecule has 0 aliphatic heterocycles. The molecule has 0 heterocycles. The largest absolute Gasteiger partial charge is 0.481 e. The Hall–Kier alpha value is -1.98. The maximum atomic E-state index is 13.3. The molecule has 80 valence electrons. The zero-order valence-corrected chi connectivity index (χ0v) is 7.64. The minimum atomic E-state index is -1.07. The van der Waals surface area contributed by atoms with Gasteiger partial charge in [0.15, 0.2) is 0 Å². The number of aryl methyl sites for hydroxylation is 1. The minimum Gasteiger partial charge on any atom is -0.481 e. The van der Waals surface area contributed by atoms with Gasteiger partial charge in [0, 0.05) is 12.5 Å². The third kappa shape index (κ3) is 2.73. The van der Waals surface area contributed by atoms with Gasteiger partial charge in [-0.3, -0.25) is 14.9 Å². The summed E-state index contributed by atoms with van der Waals surface area (Å²) < 4.78 is 13.3. The molecule has 1 rings (SSSR count). The number of hydrogen-bond donors (Lipinski definition) is 1. The summed E-state index contributed by atoms with van der Waals surface area (Å²) in [4.78, 5) is 19.8. The van der Waals surface area contributed by atoms with Crippen molar-refractivity contribution < 1.29 is 19.2 Å². The van der Waals surface area contributed by atoms with E-state index >= 15 is 0 Å². The average Bonchev–Trinajstić information content (AvgIpc) is 2.15. The highest BCUT2D eigenvalue weighted by molar-refractivity contribution is 5.67. The van der Waals surface area contributed by atoms with Gasteiger partial charge in [0.2, 0.25) is 5.82 Å². The van der Waals surface area contributed by atoms with Crippen LogP contribution in [0, 0.1) is 15.9 Å². The molecule has 5 nitrogen and oxygen atoms in total. The highest BCUT2D eigenvalue weighted by atomic mass is 19.1. The third-order valence-corrected chi connectivity index (χ3v) is 1.86. The molecule has 0 radical (unpaired) electrons. The second-order valence-corrected chi connectivity index (χ2v) is 2.90. The van der Waals surface area contributed by atoms with Gasteiger partial charge in [-0.15, -0.1) is 0 Å². The fourth-order valence-electron chi connectivity index (χ4n) is 1.14. The topological polar surface area (TPSA) is 80.4 Å². The van der Waals surface area contributed by atoms with Crippen molar-refractivity contribution >= 4 is 11.7 Å². The Morgan fingerprint density at radius 2 is 2.20 bits per heavy atom. The van der Waals surface area contributed by atoms with Crippen molar-refractivity contribution in [2.24, 2.45) is 0 Å². The first-order valence-corrected chi connectivity index (χ1v) is 4.16. The predicted molar refractivity (Wildman–Crippen MR) is 49.0 cm³/mol. The maximum Gasteiger partial charge on any atom is 0.305 e. The molecule has 0 atom stereocenters. The molecular formula is C9H8FNO4. The number of benzene rings is 1. The fourth-order valence-corrected chi connectivity index (χ4v) is 1.14. The second kappa shape index (κ2) is 4.50. The van der Waals surface area contributed by atoms with Gasteiger partial charge in [0.1, 0.15) is 0 Å². The fraction of sp³-hybridized carbons (Fsp3) is 0.222. The molecule has 1 N–H and O–H groups in total. The average molecular weight is 213 g/mol. The number of rotatable bonds is 4. The quantitative estimate of drug-likeness (QED) is 0.610. The Labute approximate surface area is 84.3 Å². The Balaban J connectivity index is 2.94. The molecule has 0 aliphatic carbocycles. The van der Waals surface area contributed by atoms with Gasteiger partial charge in [-0.2, -0.15) is 4.39 Å². The second-order valence-electron chi connectivity index (χ2n) is 2.90. The number of carbonyl (C=O) groups is 1. The molecule has 0 spiro atoms. The zero-order chi connectivity index (χ0) is 11.4. The highest BCUT2D eigenvalue weighted by Gasteiger charge is 2.17. The van der Waals surface area contributed by atoms with Crippen molar-refractivity contribution in [3.8, 4) is 0 Å². The van der Waals surface area contributed by atoms with Crippen molar-refractivity contribution in [2.75, 3.05) is 0 Å². The zero-order valence-electron chi connectivity index (χ0n) is 7.64. The Kier molecular flexibility index (Phi) is 3.33. The van der Waals surface area contributed by atoms with Crippen LogP contribution in [0.3, 0.4) is 0 Å². The smallest absolute Gasteiger partial charge is 0.305 e. The van der Waals surface area contributed by atoms with Gasteiger partial charge in [0.05, 0.1) is 4.92 Å². The van der Waals surface area contributed by atoms with E-state index < -0.39 is 22.4 Å². The van der Waals surface area contributed by atoms with E-state index in [1.807, 2.05) is 0 Å². The number of carboxylic acids is 1. The van der Waals surface area contributed by atoms with E-state index in [1.165, 1.54) is 12.1 Å². The lowest BCUT2D eigenvalue weighted by molar-refractivity contribution is -0.387. The summed E-state index contributed by atoms with van der Waals surface area (Å²) in [6, 6.07) is 3.71. The van der Waals surface area contributed by atoms with Crippen LogP contribution in [0.5, 0.6) is 0 Å². The molecule has 0 saturated carbocycles. The van der Waals surface area contributed by atoms with E-state index in [1.54, 1.807) is 0 Å². The van der Waals surface area contributed by atoms with Crippen molar-refractivity contribution in [3.05, 3.63) is 39.7 Å². The first-order chi connectivity index (χ1) is 7.02. The van der Waals surface area contributed by atoms with E-state index in [0.717, 1.165) is 6.07 Å². The van der Waals surface area contributed by atoms with Gasteiger partial charge < -0.3 is 5.11 Å². The Bertz CT molecular complexity index is 405. The van der Waals surface area contributed by atoms with Crippen LogP contribution < -0.4 is 0 Å². The number of nitro groups is 1. The van der Waals surface area contributed by atoms with Gasteiger partial charge in [-0.1, -0.05) is 12.1 Å². The van der Waals surface area contributed by atoms with Crippen LogP contribution in [0.25, 0.3) is 0 Å². The van der Waals surface area contributed by atoms with Crippen molar-refractivity contribution in [2.45, 2.75) is 12.8 Å². The molecule has 0 amide bonds. The molecule has 1 aromatic rings. The number of carboxylic acid groups (broad SMARTS) is 1. The lowest BCUT2D eigenvalue weighted by Gasteiger charge is -2.01. The van der Waals surface area contributed by atoms with E-state index in [9.17, 15) is 19.3 Å². The van der Waals surface area contributed by atoms with Gasteiger partial charge in [-0.25, -0.2) is 0 Å². The summed E-state index contributed by atoms with van der Waals surface area (Å²) >= 11 is 0. The van der Waals surface area contributed by atoms with E-state index in [0.29, 0.717) is 0 Å². The molecule has 0 aliphatic rings. The third-order valence-electron chi connectivity index (χ3n) is 1.86. The lowest BCUT2D eigenvalue weighted by Crippen LogP contribution is -2.01. The molecule has 0 fully saturated rings. The van der Waals surface area contributed by atoms with Gasteiger partial charge in [0.25, 0.3) is 0 Å².